The molecule has 2 N–H and O–H groups in total. The van der Waals surface area contributed by atoms with Crippen LogP contribution in [-0.2, 0) is 35.8 Å². The van der Waals surface area contributed by atoms with Crippen LogP contribution in [0.5, 0.6) is 5.75 Å². The van der Waals surface area contributed by atoms with Gasteiger partial charge in [0.25, 0.3) is 0 Å². The summed E-state index contributed by atoms with van der Waals surface area (Å²) in [5.41, 5.74) is 7.40. The van der Waals surface area contributed by atoms with E-state index in [0.29, 0.717) is 5.56 Å². The van der Waals surface area contributed by atoms with Crippen LogP contribution in [0.4, 0.5) is 0 Å². The molecule has 0 fully saturated rings. The van der Waals surface area contributed by atoms with Gasteiger partial charge in [-0.1, -0.05) is 60.7 Å². The maximum atomic E-state index is 12.7. The standard InChI is InChI=1S/C25H25NO7S/c1-31-23(27)16-22(24(26)25(28)32-17-18-9-4-2-5-10-18)19-11-8-12-20(15-19)33-34(29,30)21-13-6-3-7-14-21/h2-15,22,24H,16-17,26H2,1H3. The molecule has 0 heterocycles. The summed E-state index contributed by atoms with van der Waals surface area (Å²) in [5.74, 6) is -2.11. The third kappa shape index (κ3) is 6.66. The first-order valence-corrected chi connectivity index (χ1v) is 11.8. The van der Waals surface area contributed by atoms with Crippen molar-refractivity contribution in [1.29, 1.82) is 0 Å². The van der Waals surface area contributed by atoms with E-state index in [1.807, 2.05) is 18.2 Å². The Kier molecular flexibility index (Phi) is 8.39. The first-order chi connectivity index (χ1) is 16.3. The van der Waals surface area contributed by atoms with Crippen molar-refractivity contribution in [3.63, 3.8) is 0 Å². The van der Waals surface area contributed by atoms with E-state index in [9.17, 15) is 18.0 Å². The SMILES string of the molecule is COC(=O)CC(c1cccc(OS(=O)(=O)c2ccccc2)c1)C(N)C(=O)OCc1ccccc1. The van der Waals surface area contributed by atoms with Gasteiger partial charge in [-0.25, -0.2) is 0 Å². The molecule has 0 saturated heterocycles. The zero-order valence-corrected chi connectivity index (χ0v) is 19.3. The minimum absolute atomic E-state index is 0.00675. The highest BCUT2D eigenvalue weighted by molar-refractivity contribution is 7.87. The fourth-order valence-electron chi connectivity index (χ4n) is 3.26. The van der Waals surface area contributed by atoms with Crippen LogP contribution >= 0.6 is 0 Å². The fraction of sp³-hybridized carbons (Fsp3) is 0.200. The molecule has 3 aromatic carbocycles. The van der Waals surface area contributed by atoms with Crippen LogP contribution in [0.15, 0.2) is 89.8 Å². The summed E-state index contributed by atoms with van der Waals surface area (Å²) >= 11 is 0. The maximum Gasteiger partial charge on any atom is 0.339 e. The van der Waals surface area contributed by atoms with Crippen molar-refractivity contribution in [3.8, 4) is 5.75 Å². The molecule has 0 aliphatic rings. The lowest BCUT2D eigenvalue weighted by atomic mass is 9.89. The highest BCUT2D eigenvalue weighted by atomic mass is 32.2. The van der Waals surface area contributed by atoms with Crippen molar-refractivity contribution in [2.24, 2.45) is 5.73 Å². The molecule has 0 amide bonds. The first kappa shape index (κ1) is 24.9. The van der Waals surface area contributed by atoms with Gasteiger partial charge >= 0.3 is 22.1 Å². The third-order valence-electron chi connectivity index (χ3n) is 5.07. The quantitative estimate of drug-likeness (QED) is 0.345. The molecule has 9 heteroatoms. The van der Waals surface area contributed by atoms with Crippen LogP contribution in [0.3, 0.4) is 0 Å². The Labute approximate surface area is 198 Å². The number of methoxy groups -OCH3 is 1. The van der Waals surface area contributed by atoms with Crippen molar-refractivity contribution in [3.05, 3.63) is 96.1 Å². The van der Waals surface area contributed by atoms with E-state index in [-0.39, 0.29) is 23.7 Å². The zero-order valence-electron chi connectivity index (χ0n) is 18.5. The number of esters is 2. The van der Waals surface area contributed by atoms with Crippen LogP contribution in [0.1, 0.15) is 23.5 Å². The van der Waals surface area contributed by atoms with E-state index in [2.05, 4.69) is 0 Å². The van der Waals surface area contributed by atoms with Crippen LogP contribution in [0, 0.1) is 0 Å². The number of ether oxygens (including phenoxy) is 2. The van der Waals surface area contributed by atoms with E-state index < -0.39 is 34.0 Å². The highest BCUT2D eigenvalue weighted by Crippen LogP contribution is 2.29. The topological polar surface area (TPSA) is 122 Å². The molecule has 2 unspecified atom stereocenters. The van der Waals surface area contributed by atoms with Gasteiger partial charge in [-0.05, 0) is 35.4 Å². The van der Waals surface area contributed by atoms with Gasteiger partial charge in [0.05, 0.1) is 13.5 Å². The molecular formula is C25H25NO7S. The van der Waals surface area contributed by atoms with E-state index in [4.69, 9.17) is 19.4 Å². The van der Waals surface area contributed by atoms with Gasteiger partial charge in [-0.2, -0.15) is 8.42 Å². The molecule has 3 aromatic rings. The molecule has 0 spiro atoms. The normalized spacial score (nSPS) is 12.9. The number of hydrogen-bond acceptors (Lipinski definition) is 8. The van der Waals surface area contributed by atoms with E-state index in [1.54, 1.807) is 42.5 Å². The minimum atomic E-state index is -4.07. The Morgan fingerprint density at radius 3 is 2.21 bits per heavy atom. The van der Waals surface area contributed by atoms with Gasteiger partial charge in [0.15, 0.2) is 0 Å². The molecule has 8 nitrogen and oxygen atoms in total. The lowest BCUT2D eigenvalue weighted by Gasteiger charge is -2.22. The number of nitrogens with two attached hydrogens (primary N) is 1. The summed E-state index contributed by atoms with van der Waals surface area (Å²) in [6, 6.07) is 21.6. The van der Waals surface area contributed by atoms with Crippen molar-refractivity contribution >= 4 is 22.1 Å². The van der Waals surface area contributed by atoms with Crippen molar-refractivity contribution in [2.45, 2.75) is 29.9 Å². The van der Waals surface area contributed by atoms with Crippen LogP contribution in [-0.4, -0.2) is 33.5 Å². The fourth-order valence-corrected chi connectivity index (χ4v) is 4.21. The molecule has 2 atom stereocenters. The average molecular weight is 484 g/mol. The van der Waals surface area contributed by atoms with Crippen molar-refractivity contribution in [2.75, 3.05) is 7.11 Å². The molecule has 0 aromatic heterocycles. The second-order valence-electron chi connectivity index (χ2n) is 7.43. The average Bonchev–Trinajstić information content (AvgIpc) is 2.86. The Bertz CT molecular complexity index is 1210. The maximum absolute atomic E-state index is 12.7. The van der Waals surface area contributed by atoms with Gasteiger partial charge in [0, 0.05) is 5.92 Å². The number of hydrogen-bond donors (Lipinski definition) is 1. The molecule has 34 heavy (non-hydrogen) atoms. The molecule has 0 bridgehead atoms. The van der Waals surface area contributed by atoms with Gasteiger partial charge in [0.1, 0.15) is 23.3 Å². The first-order valence-electron chi connectivity index (χ1n) is 10.4. The van der Waals surface area contributed by atoms with Crippen LogP contribution in [0.2, 0.25) is 0 Å². The summed E-state index contributed by atoms with van der Waals surface area (Å²) in [6.07, 6.45) is -0.215. The van der Waals surface area contributed by atoms with Gasteiger partial charge in [0.2, 0.25) is 0 Å². The molecule has 0 aliphatic carbocycles. The van der Waals surface area contributed by atoms with E-state index in [1.165, 1.54) is 31.4 Å². The molecule has 0 radical (unpaired) electrons. The second-order valence-corrected chi connectivity index (χ2v) is 8.98. The number of carbonyl (C=O) groups is 2. The van der Waals surface area contributed by atoms with Gasteiger partial charge in [-0.15, -0.1) is 0 Å². The summed E-state index contributed by atoms with van der Waals surface area (Å²) in [4.78, 5) is 24.7. The Morgan fingerprint density at radius 1 is 0.912 bits per heavy atom. The summed E-state index contributed by atoms with van der Waals surface area (Å²) < 4.78 is 40.5. The minimum Gasteiger partial charge on any atom is -0.469 e. The van der Waals surface area contributed by atoms with E-state index >= 15 is 0 Å². The van der Waals surface area contributed by atoms with E-state index in [0.717, 1.165) is 5.56 Å². The van der Waals surface area contributed by atoms with Gasteiger partial charge in [-0.3, -0.25) is 9.59 Å². The van der Waals surface area contributed by atoms with Crippen molar-refractivity contribution < 1.29 is 31.7 Å². The van der Waals surface area contributed by atoms with Crippen LogP contribution in [0.25, 0.3) is 0 Å². The summed E-state index contributed by atoms with van der Waals surface area (Å²) in [6.45, 7) is 0.0246. The Morgan fingerprint density at radius 2 is 1.56 bits per heavy atom. The Hall–Kier alpha value is -3.69. The smallest absolute Gasteiger partial charge is 0.339 e. The summed E-state index contributed by atoms with van der Waals surface area (Å²) in [5, 5.41) is 0. The largest absolute Gasteiger partial charge is 0.469 e. The number of rotatable bonds is 10. The number of benzene rings is 3. The molecule has 0 saturated carbocycles. The molecular weight excluding hydrogens is 458 g/mol. The molecule has 0 aliphatic heterocycles. The number of carbonyl (C=O) groups excluding carboxylic acids is 2. The van der Waals surface area contributed by atoms with Crippen LogP contribution < -0.4 is 9.92 Å². The molecule has 3 rings (SSSR count). The Balaban J connectivity index is 1.81. The van der Waals surface area contributed by atoms with Gasteiger partial charge < -0.3 is 19.4 Å². The zero-order chi connectivity index (χ0) is 24.6. The predicted octanol–water partition coefficient (Wildman–Crippen LogP) is 3.17. The lowest BCUT2D eigenvalue weighted by molar-refractivity contribution is -0.148. The third-order valence-corrected chi connectivity index (χ3v) is 6.33. The molecule has 178 valence electrons. The highest BCUT2D eigenvalue weighted by Gasteiger charge is 2.30. The predicted molar refractivity (Wildman–Crippen MR) is 124 cm³/mol. The monoisotopic (exact) mass is 483 g/mol. The summed E-state index contributed by atoms with van der Waals surface area (Å²) in [7, 11) is -2.85. The second kappa shape index (κ2) is 11.4. The lowest BCUT2D eigenvalue weighted by Crippen LogP contribution is -2.39. The van der Waals surface area contributed by atoms with Crippen molar-refractivity contribution in [1.82, 2.24) is 0 Å².